The predicted octanol–water partition coefficient (Wildman–Crippen LogP) is 3.75. The van der Waals surface area contributed by atoms with Crippen LogP contribution in [0.4, 0.5) is 0 Å². The topological polar surface area (TPSA) is 73.1 Å². The van der Waals surface area contributed by atoms with Gasteiger partial charge in [-0.15, -0.1) is 0 Å². The van der Waals surface area contributed by atoms with Crippen molar-refractivity contribution in [2.45, 2.75) is 6.54 Å². The van der Waals surface area contributed by atoms with Crippen molar-refractivity contribution in [3.8, 4) is 11.8 Å². The molecule has 4 nitrogen and oxygen atoms in total. The molecule has 25 heavy (non-hydrogen) atoms. The lowest BCUT2D eigenvalue weighted by atomic mass is 10.0. The van der Waals surface area contributed by atoms with Crippen LogP contribution in [0.5, 0.6) is 5.75 Å². The molecule has 3 rings (SSSR count). The summed E-state index contributed by atoms with van der Waals surface area (Å²) in [7, 11) is 0. The largest absolute Gasteiger partial charge is 0.507 e. The van der Waals surface area contributed by atoms with E-state index < -0.39 is 0 Å². The van der Waals surface area contributed by atoms with Crippen molar-refractivity contribution >= 4 is 22.8 Å². The van der Waals surface area contributed by atoms with Gasteiger partial charge >= 0.3 is 0 Å². The van der Waals surface area contributed by atoms with Crippen molar-refractivity contribution in [2.24, 2.45) is 0 Å². The van der Waals surface area contributed by atoms with Gasteiger partial charge in [-0.1, -0.05) is 42.5 Å². The molecule has 0 saturated carbocycles. The summed E-state index contributed by atoms with van der Waals surface area (Å²) in [6.45, 7) is 0.371. The lowest BCUT2D eigenvalue weighted by Crippen LogP contribution is -2.20. The second kappa shape index (κ2) is 7.33. The van der Waals surface area contributed by atoms with Crippen LogP contribution in [0.2, 0.25) is 0 Å². The van der Waals surface area contributed by atoms with Crippen molar-refractivity contribution in [3.05, 3.63) is 83.4 Å². The number of hydrogen-bond donors (Lipinski definition) is 2. The van der Waals surface area contributed by atoms with Gasteiger partial charge in [-0.05, 0) is 40.6 Å². The van der Waals surface area contributed by atoms with Gasteiger partial charge in [0.15, 0.2) is 0 Å². The zero-order valence-corrected chi connectivity index (χ0v) is 13.4. The first kappa shape index (κ1) is 16.3. The summed E-state index contributed by atoms with van der Waals surface area (Å²) in [6, 6.07) is 20.2. The molecule has 0 unspecified atom stereocenters. The maximum atomic E-state index is 12.0. The molecule has 0 aliphatic carbocycles. The summed E-state index contributed by atoms with van der Waals surface area (Å²) in [5.41, 5.74) is 2.11. The molecule has 0 spiro atoms. The van der Waals surface area contributed by atoms with Crippen LogP contribution in [-0.4, -0.2) is 11.0 Å². The van der Waals surface area contributed by atoms with Crippen molar-refractivity contribution in [1.29, 1.82) is 5.26 Å². The Balaban J connectivity index is 1.70. The maximum Gasteiger partial charge on any atom is 0.244 e. The van der Waals surface area contributed by atoms with Gasteiger partial charge < -0.3 is 10.4 Å². The van der Waals surface area contributed by atoms with E-state index in [4.69, 9.17) is 5.26 Å². The molecule has 0 fully saturated rings. The van der Waals surface area contributed by atoms with Crippen LogP contribution >= 0.6 is 0 Å². The van der Waals surface area contributed by atoms with Crippen molar-refractivity contribution in [3.63, 3.8) is 0 Å². The minimum Gasteiger partial charge on any atom is -0.507 e. The minimum absolute atomic E-state index is 0.134. The molecule has 0 radical (unpaired) electrons. The predicted molar refractivity (Wildman–Crippen MR) is 97.7 cm³/mol. The van der Waals surface area contributed by atoms with E-state index in [0.717, 1.165) is 16.3 Å². The Morgan fingerprint density at radius 1 is 1.08 bits per heavy atom. The Morgan fingerprint density at radius 2 is 1.84 bits per heavy atom. The zero-order chi connectivity index (χ0) is 17.6. The number of fused-ring (bicyclic) bond motifs is 1. The first-order valence-corrected chi connectivity index (χ1v) is 7.83. The number of carbonyl (C=O) groups excluding carboxylic acids is 1. The molecular formula is C21H16N2O2. The molecule has 122 valence electrons. The van der Waals surface area contributed by atoms with Crippen LogP contribution in [0.1, 0.15) is 16.7 Å². The number of rotatable bonds is 4. The first-order valence-electron chi connectivity index (χ1n) is 7.83. The normalized spacial score (nSPS) is 10.7. The van der Waals surface area contributed by atoms with Gasteiger partial charge in [0.1, 0.15) is 5.75 Å². The minimum atomic E-state index is -0.253. The number of nitrogens with zero attached hydrogens (tertiary/aromatic N) is 1. The third-order valence-corrected chi connectivity index (χ3v) is 3.90. The molecule has 0 aromatic heterocycles. The monoisotopic (exact) mass is 328 g/mol. The number of amides is 1. The maximum absolute atomic E-state index is 12.0. The van der Waals surface area contributed by atoms with E-state index in [-0.39, 0.29) is 11.7 Å². The number of benzene rings is 3. The highest BCUT2D eigenvalue weighted by molar-refractivity contribution is 5.98. The summed E-state index contributed by atoms with van der Waals surface area (Å²) in [5, 5.41) is 23.5. The number of nitriles is 1. The van der Waals surface area contributed by atoms with Crippen molar-refractivity contribution in [1.82, 2.24) is 5.32 Å². The Bertz CT molecular complexity index is 983. The third-order valence-electron chi connectivity index (χ3n) is 3.90. The fourth-order valence-corrected chi connectivity index (χ4v) is 2.56. The van der Waals surface area contributed by atoms with Gasteiger partial charge in [-0.25, -0.2) is 0 Å². The van der Waals surface area contributed by atoms with Gasteiger partial charge in [0.25, 0.3) is 0 Å². The van der Waals surface area contributed by atoms with E-state index in [1.165, 1.54) is 6.08 Å². The second-order valence-corrected chi connectivity index (χ2v) is 5.58. The average Bonchev–Trinajstić information content (AvgIpc) is 2.66. The van der Waals surface area contributed by atoms with E-state index in [9.17, 15) is 9.90 Å². The third kappa shape index (κ3) is 3.85. The summed E-state index contributed by atoms with van der Waals surface area (Å²) in [5.74, 6) is -0.119. The number of phenolic OH excluding ortho intramolecular Hbond substituents is 1. The summed E-state index contributed by atoms with van der Waals surface area (Å²) < 4.78 is 0. The summed E-state index contributed by atoms with van der Waals surface area (Å²) >= 11 is 0. The Labute approximate surface area is 145 Å². The number of phenols is 1. The molecule has 1 amide bonds. The quantitative estimate of drug-likeness (QED) is 0.716. The highest BCUT2D eigenvalue weighted by Gasteiger charge is 2.04. The lowest BCUT2D eigenvalue weighted by molar-refractivity contribution is -0.116. The highest BCUT2D eigenvalue weighted by Crippen LogP contribution is 2.28. The number of carbonyl (C=O) groups is 1. The Morgan fingerprint density at radius 3 is 2.60 bits per heavy atom. The van der Waals surface area contributed by atoms with E-state index in [2.05, 4.69) is 11.4 Å². The molecule has 3 aromatic carbocycles. The number of hydrogen-bond acceptors (Lipinski definition) is 3. The van der Waals surface area contributed by atoms with Gasteiger partial charge in [0.2, 0.25) is 5.91 Å². The number of aromatic hydroxyl groups is 1. The van der Waals surface area contributed by atoms with Crippen LogP contribution in [0, 0.1) is 11.3 Å². The molecule has 0 aliphatic rings. The fraction of sp³-hybridized carbons (Fsp3) is 0.0476. The molecular weight excluding hydrogens is 312 g/mol. The first-order chi connectivity index (χ1) is 12.2. The van der Waals surface area contributed by atoms with Crippen LogP contribution in [0.3, 0.4) is 0 Å². The smallest absolute Gasteiger partial charge is 0.244 e. The molecule has 0 atom stereocenters. The average molecular weight is 328 g/mol. The molecule has 0 bridgehead atoms. The molecule has 0 saturated heterocycles. The van der Waals surface area contributed by atoms with E-state index in [0.29, 0.717) is 17.7 Å². The number of nitrogens with one attached hydrogen (secondary N) is 1. The SMILES string of the molecule is N#Cc1ccc(CNC(=O)/C=C/c2c(O)ccc3ccccc23)cc1. The molecule has 2 N–H and O–H groups in total. The summed E-state index contributed by atoms with van der Waals surface area (Å²) in [4.78, 5) is 12.0. The highest BCUT2D eigenvalue weighted by atomic mass is 16.3. The van der Waals surface area contributed by atoms with Gasteiger partial charge in [-0.3, -0.25) is 4.79 Å². The zero-order valence-electron chi connectivity index (χ0n) is 13.4. The lowest BCUT2D eigenvalue weighted by Gasteiger charge is -2.05. The van der Waals surface area contributed by atoms with Crippen LogP contribution in [0.25, 0.3) is 16.8 Å². The molecule has 0 heterocycles. The van der Waals surface area contributed by atoms with Gasteiger partial charge in [-0.2, -0.15) is 5.26 Å². The molecule has 3 aromatic rings. The van der Waals surface area contributed by atoms with Crippen molar-refractivity contribution < 1.29 is 9.90 Å². The Hall–Kier alpha value is -3.58. The van der Waals surface area contributed by atoms with Crippen LogP contribution in [-0.2, 0) is 11.3 Å². The molecule has 0 aliphatic heterocycles. The van der Waals surface area contributed by atoms with Crippen LogP contribution < -0.4 is 5.32 Å². The van der Waals surface area contributed by atoms with E-state index in [1.807, 2.05) is 30.3 Å². The van der Waals surface area contributed by atoms with Crippen molar-refractivity contribution in [2.75, 3.05) is 0 Å². The van der Waals surface area contributed by atoms with E-state index in [1.54, 1.807) is 36.4 Å². The standard InChI is InChI=1S/C21H16N2O2/c22-13-15-5-7-16(8-6-15)14-23-21(25)12-10-19-18-4-2-1-3-17(18)9-11-20(19)24/h1-12,24H,14H2,(H,23,25)/b12-10+. The Kier molecular flexibility index (Phi) is 4.77. The second-order valence-electron chi connectivity index (χ2n) is 5.58. The molecule has 4 heteroatoms. The van der Waals surface area contributed by atoms with Gasteiger partial charge in [0, 0.05) is 18.2 Å². The fourth-order valence-electron chi connectivity index (χ4n) is 2.56. The van der Waals surface area contributed by atoms with Crippen LogP contribution in [0.15, 0.2) is 66.7 Å². The summed E-state index contributed by atoms with van der Waals surface area (Å²) in [6.07, 6.45) is 3.02. The van der Waals surface area contributed by atoms with Gasteiger partial charge in [0.05, 0.1) is 11.6 Å². The van der Waals surface area contributed by atoms with E-state index >= 15 is 0 Å².